The van der Waals surface area contributed by atoms with Crippen LogP contribution in [-0.4, -0.2) is 10.2 Å². The number of nitrogens with zero attached hydrogens (tertiary/aromatic N) is 1. The highest BCUT2D eigenvalue weighted by molar-refractivity contribution is 9.10. The zero-order valence-electron chi connectivity index (χ0n) is 11.0. The van der Waals surface area contributed by atoms with Gasteiger partial charge >= 0.3 is 0 Å². The van der Waals surface area contributed by atoms with Gasteiger partial charge in [-0.25, -0.2) is 0 Å². The van der Waals surface area contributed by atoms with Crippen molar-refractivity contribution in [2.45, 2.75) is 26.8 Å². The molecule has 0 bridgehead atoms. The summed E-state index contributed by atoms with van der Waals surface area (Å²) in [6.07, 6.45) is 0. The van der Waals surface area contributed by atoms with Crippen molar-refractivity contribution in [1.82, 2.24) is 4.37 Å². The van der Waals surface area contributed by atoms with Crippen LogP contribution in [0, 0.1) is 6.92 Å². The number of aromatic nitrogens is 1. The van der Waals surface area contributed by atoms with Crippen LogP contribution in [0.4, 0.5) is 5.00 Å². The average Bonchev–Trinajstić information content (AvgIpc) is 2.70. The average molecular weight is 339 g/mol. The van der Waals surface area contributed by atoms with Crippen molar-refractivity contribution >= 4 is 38.2 Å². The highest BCUT2D eigenvalue weighted by atomic mass is 79.9. The predicted octanol–water partition coefficient (Wildman–Crippen LogP) is 4.59. The van der Waals surface area contributed by atoms with Crippen LogP contribution in [0.1, 0.15) is 41.5 Å². The van der Waals surface area contributed by atoms with Gasteiger partial charge in [-0.1, -0.05) is 28.1 Å². The molecule has 2 aromatic rings. The zero-order chi connectivity index (χ0) is 14.0. The molecule has 0 spiro atoms. The SMILES string of the molecule is CC(=O)c1c(C)nsc1NC(C)c1cccc(Br)c1. The Kier molecular flexibility index (Phi) is 4.37. The van der Waals surface area contributed by atoms with Crippen molar-refractivity contribution in [3.05, 3.63) is 45.6 Å². The minimum Gasteiger partial charge on any atom is -0.369 e. The minimum atomic E-state index is 0.0511. The van der Waals surface area contributed by atoms with Crippen LogP contribution >= 0.6 is 27.5 Å². The van der Waals surface area contributed by atoms with Crippen LogP contribution in [0.15, 0.2) is 28.7 Å². The summed E-state index contributed by atoms with van der Waals surface area (Å²) in [6.45, 7) is 5.51. The Hall–Kier alpha value is -1.20. The number of rotatable bonds is 4. The molecule has 1 heterocycles. The zero-order valence-corrected chi connectivity index (χ0v) is 13.4. The lowest BCUT2D eigenvalue weighted by molar-refractivity contribution is 0.101. The lowest BCUT2D eigenvalue weighted by Gasteiger charge is -2.15. The van der Waals surface area contributed by atoms with Crippen LogP contribution in [0.2, 0.25) is 0 Å². The molecule has 19 heavy (non-hydrogen) atoms. The van der Waals surface area contributed by atoms with Crippen LogP contribution in [0.3, 0.4) is 0 Å². The molecule has 100 valence electrons. The van der Waals surface area contributed by atoms with Crippen LogP contribution in [0.25, 0.3) is 0 Å². The van der Waals surface area contributed by atoms with Crippen molar-refractivity contribution in [3.63, 3.8) is 0 Å². The largest absolute Gasteiger partial charge is 0.369 e. The lowest BCUT2D eigenvalue weighted by Crippen LogP contribution is -2.08. The summed E-state index contributed by atoms with van der Waals surface area (Å²) in [7, 11) is 0. The molecule has 0 aliphatic rings. The second-order valence-electron chi connectivity index (χ2n) is 4.45. The molecule has 2 rings (SSSR count). The molecule has 0 radical (unpaired) electrons. The van der Waals surface area contributed by atoms with Crippen molar-refractivity contribution < 1.29 is 4.79 Å². The number of aryl methyl sites for hydroxylation is 1. The van der Waals surface area contributed by atoms with Gasteiger partial charge in [0.05, 0.1) is 11.3 Å². The van der Waals surface area contributed by atoms with E-state index in [9.17, 15) is 4.79 Å². The van der Waals surface area contributed by atoms with E-state index in [0.29, 0.717) is 5.56 Å². The molecule has 0 saturated carbocycles. The maximum absolute atomic E-state index is 11.6. The van der Waals surface area contributed by atoms with E-state index in [4.69, 9.17) is 0 Å². The summed E-state index contributed by atoms with van der Waals surface area (Å²) in [4.78, 5) is 11.6. The summed E-state index contributed by atoms with van der Waals surface area (Å²) in [5.41, 5.74) is 2.66. The number of benzene rings is 1. The Balaban J connectivity index is 2.24. The minimum absolute atomic E-state index is 0.0511. The lowest BCUT2D eigenvalue weighted by atomic mass is 10.1. The van der Waals surface area contributed by atoms with Gasteiger partial charge in [0.2, 0.25) is 0 Å². The number of anilines is 1. The van der Waals surface area contributed by atoms with Crippen molar-refractivity contribution in [3.8, 4) is 0 Å². The van der Waals surface area contributed by atoms with Crippen molar-refractivity contribution in [2.24, 2.45) is 0 Å². The summed E-state index contributed by atoms with van der Waals surface area (Å²) >= 11 is 4.80. The quantitative estimate of drug-likeness (QED) is 0.829. The first-order valence-corrected chi connectivity index (χ1v) is 7.55. The van der Waals surface area contributed by atoms with E-state index in [1.54, 1.807) is 6.92 Å². The molecule has 0 fully saturated rings. The first-order chi connectivity index (χ1) is 8.99. The first-order valence-electron chi connectivity index (χ1n) is 5.98. The second kappa shape index (κ2) is 5.84. The molecule has 5 heteroatoms. The van der Waals surface area contributed by atoms with Crippen molar-refractivity contribution in [1.29, 1.82) is 0 Å². The highest BCUT2D eigenvalue weighted by Crippen LogP contribution is 2.29. The van der Waals surface area contributed by atoms with E-state index in [2.05, 4.69) is 44.7 Å². The molecule has 0 amide bonds. The monoisotopic (exact) mass is 338 g/mol. The van der Waals surface area contributed by atoms with Gasteiger partial charge < -0.3 is 5.32 Å². The fourth-order valence-electron chi connectivity index (χ4n) is 1.94. The van der Waals surface area contributed by atoms with E-state index in [1.807, 2.05) is 19.1 Å². The Labute approximate surface area is 125 Å². The number of Topliss-reactive ketones (excluding diaryl/α,β-unsaturated/α-hetero) is 1. The number of hydrogen-bond donors (Lipinski definition) is 1. The first kappa shape index (κ1) is 14.2. The summed E-state index contributed by atoms with van der Waals surface area (Å²) in [6, 6.07) is 8.24. The molecule has 3 nitrogen and oxygen atoms in total. The number of carbonyl (C=O) groups excluding carboxylic acids is 1. The van der Waals surface area contributed by atoms with E-state index in [-0.39, 0.29) is 11.8 Å². The van der Waals surface area contributed by atoms with Gasteiger partial charge in [0.25, 0.3) is 0 Å². The smallest absolute Gasteiger partial charge is 0.164 e. The number of ketones is 1. The van der Waals surface area contributed by atoms with E-state index >= 15 is 0 Å². The topological polar surface area (TPSA) is 42.0 Å². The molecule has 1 aromatic carbocycles. The molecule has 0 saturated heterocycles. The van der Waals surface area contributed by atoms with Crippen LogP contribution in [-0.2, 0) is 0 Å². The van der Waals surface area contributed by atoms with E-state index < -0.39 is 0 Å². The summed E-state index contributed by atoms with van der Waals surface area (Å²) < 4.78 is 5.30. The van der Waals surface area contributed by atoms with Gasteiger partial charge in [-0.05, 0) is 50.0 Å². The van der Waals surface area contributed by atoms with Gasteiger partial charge in [0, 0.05) is 10.5 Å². The van der Waals surface area contributed by atoms with Gasteiger partial charge in [0.15, 0.2) is 5.78 Å². The van der Waals surface area contributed by atoms with Crippen molar-refractivity contribution in [2.75, 3.05) is 5.32 Å². The maximum Gasteiger partial charge on any atom is 0.164 e. The molecule has 1 atom stereocenters. The van der Waals surface area contributed by atoms with E-state index in [1.165, 1.54) is 11.5 Å². The van der Waals surface area contributed by atoms with Crippen LogP contribution < -0.4 is 5.32 Å². The molecule has 1 unspecified atom stereocenters. The van der Waals surface area contributed by atoms with Gasteiger partial charge in [-0.3, -0.25) is 4.79 Å². The molecule has 1 aromatic heterocycles. The van der Waals surface area contributed by atoms with Gasteiger partial charge in [-0.2, -0.15) is 4.37 Å². The van der Waals surface area contributed by atoms with E-state index in [0.717, 1.165) is 20.7 Å². The standard InChI is InChI=1S/C14H15BrN2OS/c1-8(11-5-4-6-12(15)7-11)16-14-13(10(3)18)9(2)17-19-14/h4-8,16H,1-3H3. The molecular weight excluding hydrogens is 324 g/mol. The second-order valence-corrected chi connectivity index (χ2v) is 6.14. The fraction of sp³-hybridized carbons (Fsp3) is 0.286. The van der Waals surface area contributed by atoms with Crippen LogP contribution in [0.5, 0.6) is 0 Å². The molecule has 0 aliphatic carbocycles. The third kappa shape index (κ3) is 3.22. The fourth-order valence-corrected chi connectivity index (χ4v) is 3.29. The Bertz CT molecular complexity index is 609. The Morgan fingerprint density at radius 3 is 2.84 bits per heavy atom. The number of hydrogen-bond acceptors (Lipinski definition) is 4. The normalized spacial score (nSPS) is 12.2. The molecular formula is C14H15BrN2OS. The molecule has 0 aliphatic heterocycles. The number of halogens is 1. The third-order valence-corrected chi connectivity index (χ3v) is 4.27. The third-order valence-electron chi connectivity index (χ3n) is 2.91. The predicted molar refractivity (Wildman–Crippen MR) is 83.0 cm³/mol. The van der Waals surface area contributed by atoms with Gasteiger partial charge in [0.1, 0.15) is 5.00 Å². The number of carbonyl (C=O) groups is 1. The summed E-state index contributed by atoms with van der Waals surface area (Å²) in [5.74, 6) is 0.0511. The maximum atomic E-state index is 11.6. The van der Waals surface area contributed by atoms with Gasteiger partial charge in [-0.15, -0.1) is 0 Å². The summed E-state index contributed by atoms with van der Waals surface area (Å²) in [5, 5.41) is 4.22. The number of nitrogens with one attached hydrogen (secondary N) is 1. The Morgan fingerprint density at radius 1 is 1.47 bits per heavy atom. The highest BCUT2D eigenvalue weighted by Gasteiger charge is 2.17. The Morgan fingerprint density at radius 2 is 2.21 bits per heavy atom. The molecule has 1 N–H and O–H groups in total.